The summed E-state index contributed by atoms with van der Waals surface area (Å²) >= 11 is 0. The molecule has 0 saturated carbocycles. The van der Waals surface area contributed by atoms with Crippen molar-refractivity contribution in [3.8, 4) is 0 Å². The second-order valence-electron chi connectivity index (χ2n) is 3.10. The summed E-state index contributed by atoms with van der Waals surface area (Å²) in [7, 11) is 0. The van der Waals surface area contributed by atoms with Crippen LogP contribution in [0.5, 0.6) is 0 Å². The topological polar surface area (TPSA) is 37.3 Å². The predicted octanol–water partition coefficient (Wildman–Crippen LogP) is 2.45. The van der Waals surface area contributed by atoms with Gasteiger partial charge in [-0.05, 0) is 27.2 Å². The molecule has 0 spiro atoms. The van der Waals surface area contributed by atoms with Gasteiger partial charge < -0.3 is 5.11 Å². The SMILES string of the molecule is CC=C(CC)C(C)(C)C(=O)O. The fourth-order valence-electron chi connectivity index (χ4n) is 1.14. The fourth-order valence-corrected chi connectivity index (χ4v) is 1.14. The van der Waals surface area contributed by atoms with Crippen molar-refractivity contribution in [3.05, 3.63) is 11.6 Å². The van der Waals surface area contributed by atoms with Crippen LogP contribution in [-0.2, 0) is 4.79 Å². The van der Waals surface area contributed by atoms with E-state index in [1.54, 1.807) is 13.8 Å². The highest BCUT2D eigenvalue weighted by Gasteiger charge is 2.29. The molecule has 0 unspecified atom stereocenters. The zero-order valence-electron chi connectivity index (χ0n) is 7.64. The number of allylic oxidation sites excluding steroid dienone is 1. The van der Waals surface area contributed by atoms with Gasteiger partial charge in [0.2, 0.25) is 0 Å². The van der Waals surface area contributed by atoms with E-state index in [0.29, 0.717) is 0 Å². The summed E-state index contributed by atoms with van der Waals surface area (Å²) < 4.78 is 0. The molecular weight excluding hydrogens is 140 g/mol. The molecule has 0 rings (SSSR count). The minimum absolute atomic E-state index is 0.705. The van der Waals surface area contributed by atoms with Crippen LogP contribution in [0.15, 0.2) is 11.6 Å². The van der Waals surface area contributed by atoms with Gasteiger partial charge in [0.1, 0.15) is 0 Å². The number of hydrogen-bond donors (Lipinski definition) is 1. The molecule has 0 bridgehead atoms. The van der Waals surface area contributed by atoms with E-state index >= 15 is 0 Å². The van der Waals surface area contributed by atoms with E-state index < -0.39 is 11.4 Å². The normalized spacial score (nSPS) is 13.3. The molecule has 0 aliphatic carbocycles. The van der Waals surface area contributed by atoms with Gasteiger partial charge in [0, 0.05) is 0 Å². The lowest BCUT2D eigenvalue weighted by Gasteiger charge is -2.21. The zero-order chi connectivity index (χ0) is 9.07. The van der Waals surface area contributed by atoms with E-state index in [-0.39, 0.29) is 0 Å². The van der Waals surface area contributed by atoms with Crippen LogP contribution in [0, 0.1) is 5.41 Å². The van der Waals surface area contributed by atoms with E-state index in [4.69, 9.17) is 5.11 Å². The molecule has 64 valence electrons. The van der Waals surface area contributed by atoms with Crippen LogP contribution in [0.2, 0.25) is 0 Å². The van der Waals surface area contributed by atoms with Crippen molar-refractivity contribution in [1.82, 2.24) is 0 Å². The summed E-state index contributed by atoms with van der Waals surface area (Å²) in [5, 5.41) is 8.83. The van der Waals surface area contributed by atoms with E-state index in [0.717, 1.165) is 12.0 Å². The average Bonchev–Trinajstić information content (AvgIpc) is 1.89. The largest absolute Gasteiger partial charge is 0.481 e. The first-order valence-electron chi connectivity index (χ1n) is 3.85. The van der Waals surface area contributed by atoms with Crippen molar-refractivity contribution in [2.75, 3.05) is 0 Å². The Kier molecular flexibility index (Phi) is 3.30. The van der Waals surface area contributed by atoms with Crippen LogP contribution in [0.1, 0.15) is 34.1 Å². The first kappa shape index (κ1) is 10.2. The van der Waals surface area contributed by atoms with E-state index in [9.17, 15) is 4.79 Å². The summed E-state index contributed by atoms with van der Waals surface area (Å²) in [4.78, 5) is 10.7. The van der Waals surface area contributed by atoms with Gasteiger partial charge in [-0.2, -0.15) is 0 Å². The highest BCUT2D eigenvalue weighted by Crippen LogP contribution is 2.28. The summed E-state index contributed by atoms with van der Waals surface area (Å²) in [6, 6.07) is 0. The summed E-state index contributed by atoms with van der Waals surface area (Å²) in [6.45, 7) is 7.31. The van der Waals surface area contributed by atoms with Gasteiger partial charge in [-0.3, -0.25) is 4.79 Å². The number of aliphatic carboxylic acids is 1. The summed E-state index contributed by atoms with van der Waals surface area (Å²) in [5.74, 6) is -0.757. The highest BCUT2D eigenvalue weighted by atomic mass is 16.4. The number of carboxylic acid groups (broad SMARTS) is 1. The van der Waals surface area contributed by atoms with Crippen molar-refractivity contribution >= 4 is 5.97 Å². The Bertz CT molecular complexity index is 178. The molecule has 2 heteroatoms. The zero-order valence-corrected chi connectivity index (χ0v) is 7.64. The molecular formula is C9H16O2. The Morgan fingerprint density at radius 2 is 2.00 bits per heavy atom. The van der Waals surface area contributed by atoms with Gasteiger partial charge in [-0.25, -0.2) is 0 Å². The number of carboxylic acids is 1. The fraction of sp³-hybridized carbons (Fsp3) is 0.667. The lowest BCUT2D eigenvalue weighted by Crippen LogP contribution is -2.25. The van der Waals surface area contributed by atoms with E-state index in [1.165, 1.54) is 0 Å². The van der Waals surface area contributed by atoms with Gasteiger partial charge >= 0.3 is 5.97 Å². The minimum Gasteiger partial charge on any atom is -0.481 e. The van der Waals surface area contributed by atoms with Crippen LogP contribution in [0.25, 0.3) is 0 Å². The Balaban J connectivity index is 4.66. The van der Waals surface area contributed by atoms with Crippen LogP contribution in [-0.4, -0.2) is 11.1 Å². The molecule has 0 radical (unpaired) electrons. The standard InChI is InChI=1S/C9H16O2/c1-5-7(6-2)9(3,4)8(10)11/h5H,6H2,1-4H3,(H,10,11). The molecule has 11 heavy (non-hydrogen) atoms. The smallest absolute Gasteiger partial charge is 0.313 e. The third-order valence-electron chi connectivity index (χ3n) is 2.07. The molecule has 0 aromatic heterocycles. The molecule has 2 nitrogen and oxygen atoms in total. The number of rotatable bonds is 3. The maximum Gasteiger partial charge on any atom is 0.313 e. The van der Waals surface area contributed by atoms with Crippen molar-refractivity contribution in [3.63, 3.8) is 0 Å². The number of carbonyl (C=O) groups is 1. The predicted molar refractivity (Wildman–Crippen MR) is 45.5 cm³/mol. The van der Waals surface area contributed by atoms with Crippen molar-refractivity contribution in [2.45, 2.75) is 34.1 Å². The molecule has 0 atom stereocenters. The third kappa shape index (κ3) is 2.07. The highest BCUT2D eigenvalue weighted by molar-refractivity contribution is 5.77. The van der Waals surface area contributed by atoms with Crippen molar-refractivity contribution < 1.29 is 9.90 Å². The maximum atomic E-state index is 10.7. The average molecular weight is 156 g/mol. The molecule has 0 heterocycles. The Labute approximate surface area is 67.9 Å². The molecule has 0 amide bonds. The monoisotopic (exact) mass is 156 g/mol. The van der Waals surface area contributed by atoms with Crippen LogP contribution >= 0.6 is 0 Å². The van der Waals surface area contributed by atoms with Crippen molar-refractivity contribution in [1.29, 1.82) is 0 Å². The molecule has 0 aromatic rings. The summed E-state index contributed by atoms with van der Waals surface area (Å²) in [5.41, 5.74) is 0.272. The van der Waals surface area contributed by atoms with Gasteiger partial charge in [0.15, 0.2) is 0 Å². The molecule has 0 saturated heterocycles. The second-order valence-corrected chi connectivity index (χ2v) is 3.10. The molecule has 0 aliphatic rings. The minimum atomic E-state index is -0.757. The van der Waals surface area contributed by atoms with Gasteiger partial charge in [-0.1, -0.05) is 18.6 Å². The van der Waals surface area contributed by atoms with Crippen LogP contribution in [0.3, 0.4) is 0 Å². The van der Waals surface area contributed by atoms with E-state index in [1.807, 2.05) is 19.9 Å². The van der Waals surface area contributed by atoms with Gasteiger partial charge in [-0.15, -0.1) is 0 Å². The Morgan fingerprint density at radius 3 is 2.09 bits per heavy atom. The quantitative estimate of drug-likeness (QED) is 0.637. The van der Waals surface area contributed by atoms with Gasteiger partial charge in [0.25, 0.3) is 0 Å². The molecule has 0 aliphatic heterocycles. The number of hydrogen-bond acceptors (Lipinski definition) is 1. The second kappa shape index (κ2) is 3.56. The van der Waals surface area contributed by atoms with Crippen molar-refractivity contribution in [2.24, 2.45) is 5.41 Å². The Hall–Kier alpha value is -0.790. The van der Waals surface area contributed by atoms with Gasteiger partial charge in [0.05, 0.1) is 5.41 Å². The van der Waals surface area contributed by atoms with Crippen LogP contribution in [0.4, 0.5) is 0 Å². The molecule has 1 N–H and O–H groups in total. The molecule has 0 fully saturated rings. The lowest BCUT2D eigenvalue weighted by molar-refractivity contribution is -0.144. The first-order valence-corrected chi connectivity index (χ1v) is 3.85. The lowest BCUT2D eigenvalue weighted by atomic mass is 9.83. The summed E-state index contributed by atoms with van der Waals surface area (Å²) in [6.07, 6.45) is 2.68. The van der Waals surface area contributed by atoms with Crippen LogP contribution < -0.4 is 0 Å². The maximum absolute atomic E-state index is 10.7. The van der Waals surface area contributed by atoms with E-state index in [2.05, 4.69) is 0 Å². The Morgan fingerprint density at radius 1 is 1.55 bits per heavy atom. The third-order valence-corrected chi connectivity index (χ3v) is 2.07. The molecule has 0 aromatic carbocycles. The first-order chi connectivity index (χ1) is 4.96.